The van der Waals surface area contributed by atoms with E-state index in [1.807, 2.05) is 62.5 Å². The molecule has 2 amide bonds. The third-order valence-corrected chi connectivity index (χ3v) is 8.26. The van der Waals surface area contributed by atoms with Crippen LogP contribution in [0.25, 0.3) is 11.1 Å². The van der Waals surface area contributed by atoms with Gasteiger partial charge in [0.15, 0.2) is 0 Å². The summed E-state index contributed by atoms with van der Waals surface area (Å²) in [6.45, 7) is 3.98. The molecule has 3 aromatic rings. The summed E-state index contributed by atoms with van der Waals surface area (Å²) in [5.74, 6) is -0.829. The highest BCUT2D eigenvalue weighted by atomic mass is 19.1. The van der Waals surface area contributed by atoms with E-state index < -0.39 is 17.5 Å². The monoisotopic (exact) mass is 575 g/mol. The predicted molar refractivity (Wildman–Crippen MR) is 163 cm³/mol. The molecular formula is C34H42FN3O4. The van der Waals surface area contributed by atoms with E-state index in [-0.39, 0.29) is 18.2 Å². The summed E-state index contributed by atoms with van der Waals surface area (Å²) in [5.41, 5.74) is 2.90. The smallest absolute Gasteiger partial charge is 0.406 e. The van der Waals surface area contributed by atoms with Gasteiger partial charge in [-0.05, 0) is 79.6 Å². The number of amides is 2. The summed E-state index contributed by atoms with van der Waals surface area (Å²) < 4.78 is 20.4. The number of benzene rings is 3. The van der Waals surface area contributed by atoms with Crippen LogP contribution in [-0.4, -0.2) is 55.8 Å². The van der Waals surface area contributed by atoms with Gasteiger partial charge in [0.1, 0.15) is 5.82 Å². The van der Waals surface area contributed by atoms with Crippen LogP contribution in [0.4, 0.5) is 9.18 Å². The minimum absolute atomic E-state index is 0.0828. The molecule has 1 aliphatic heterocycles. The van der Waals surface area contributed by atoms with Crippen molar-refractivity contribution in [1.29, 1.82) is 0 Å². The molecule has 42 heavy (non-hydrogen) atoms. The number of carbonyl (C=O) groups is 2. The van der Waals surface area contributed by atoms with Crippen molar-refractivity contribution in [1.82, 2.24) is 15.5 Å². The zero-order valence-corrected chi connectivity index (χ0v) is 24.8. The molecule has 0 bridgehead atoms. The van der Waals surface area contributed by atoms with Gasteiger partial charge in [-0.15, -0.1) is 0 Å². The number of methoxy groups -OCH3 is 1. The largest absolute Gasteiger partial charge is 0.453 e. The highest BCUT2D eigenvalue weighted by Crippen LogP contribution is 2.44. The van der Waals surface area contributed by atoms with Gasteiger partial charge in [0.05, 0.1) is 12.7 Å². The lowest BCUT2D eigenvalue weighted by Gasteiger charge is -2.43. The Morgan fingerprint density at radius 3 is 2.57 bits per heavy atom. The average molecular weight is 576 g/mol. The Morgan fingerprint density at radius 2 is 1.86 bits per heavy atom. The van der Waals surface area contributed by atoms with E-state index in [1.54, 1.807) is 17.0 Å². The number of likely N-dealkylation sites (tertiary alicyclic amines) is 1. The maximum absolute atomic E-state index is 15.7. The van der Waals surface area contributed by atoms with Crippen LogP contribution >= 0.6 is 0 Å². The first-order chi connectivity index (χ1) is 20.3. The molecule has 0 aliphatic carbocycles. The van der Waals surface area contributed by atoms with Crippen molar-refractivity contribution >= 4 is 12.0 Å². The van der Waals surface area contributed by atoms with Gasteiger partial charge in [-0.25, -0.2) is 9.18 Å². The van der Waals surface area contributed by atoms with E-state index >= 15 is 4.39 Å². The lowest BCUT2D eigenvalue weighted by Crippen LogP contribution is -2.48. The first kappa shape index (κ1) is 31.2. The molecule has 3 N–H and O–H groups in total. The standard InChI is InChI=1S/C34H42FN3O4/c1-4-24-9-5-10-27(21-24)31-29(12-6-13-30(31)35)34(41,18-8-19-37-33(40)42-3)28-11-7-20-38(23-28)32(39)26-16-14-25(15-17-26)22-36-2/h5-6,9-10,12-17,21,28,36,41H,4,7-8,11,18-20,22-23H2,1-3H3,(H,37,40)/t28-,34?/m1/s1. The maximum Gasteiger partial charge on any atom is 0.406 e. The molecule has 1 fully saturated rings. The lowest BCUT2D eigenvalue weighted by molar-refractivity contribution is -0.0564. The van der Waals surface area contributed by atoms with Crippen LogP contribution in [-0.2, 0) is 23.3 Å². The zero-order valence-electron chi connectivity index (χ0n) is 24.8. The number of hydrogen-bond donors (Lipinski definition) is 3. The van der Waals surface area contributed by atoms with Crippen molar-refractivity contribution in [3.8, 4) is 11.1 Å². The fourth-order valence-corrected chi connectivity index (χ4v) is 6.01. The van der Waals surface area contributed by atoms with Crippen molar-refractivity contribution < 1.29 is 23.8 Å². The molecule has 0 spiro atoms. The van der Waals surface area contributed by atoms with E-state index in [0.29, 0.717) is 61.2 Å². The molecule has 8 heteroatoms. The number of piperidine rings is 1. The van der Waals surface area contributed by atoms with Crippen molar-refractivity contribution in [2.75, 3.05) is 33.8 Å². The molecule has 224 valence electrons. The van der Waals surface area contributed by atoms with Crippen LogP contribution in [0.5, 0.6) is 0 Å². The Bertz CT molecular complexity index is 1360. The van der Waals surface area contributed by atoms with Gasteiger partial charge in [-0.1, -0.05) is 55.5 Å². The van der Waals surface area contributed by atoms with Crippen LogP contribution < -0.4 is 10.6 Å². The van der Waals surface area contributed by atoms with Crippen molar-refractivity contribution in [2.24, 2.45) is 5.92 Å². The molecule has 1 aliphatic rings. The molecule has 2 atom stereocenters. The second kappa shape index (κ2) is 14.4. The van der Waals surface area contributed by atoms with Gasteiger partial charge in [0, 0.05) is 43.2 Å². The summed E-state index contributed by atoms with van der Waals surface area (Å²) >= 11 is 0. The Balaban J connectivity index is 1.69. The van der Waals surface area contributed by atoms with Gasteiger partial charge >= 0.3 is 6.09 Å². The minimum Gasteiger partial charge on any atom is -0.453 e. The molecule has 7 nitrogen and oxygen atoms in total. The molecule has 1 heterocycles. The third-order valence-electron chi connectivity index (χ3n) is 8.26. The quantitative estimate of drug-likeness (QED) is 0.257. The SMILES string of the molecule is CCc1cccc(-c2c(F)cccc2C(O)(CCCNC(=O)OC)[C@@H]2CCCN(C(=O)c3ccc(CNC)cc3)C2)c1. The Labute approximate surface area is 248 Å². The molecule has 1 unspecified atom stereocenters. The number of ether oxygens (including phenoxy) is 1. The first-order valence-corrected chi connectivity index (χ1v) is 14.8. The van der Waals surface area contributed by atoms with E-state index in [4.69, 9.17) is 4.74 Å². The van der Waals surface area contributed by atoms with Gasteiger partial charge in [-0.3, -0.25) is 4.79 Å². The molecule has 4 rings (SSSR count). The van der Waals surface area contributed by atoms with Gasteiger partial charge in [0.25, 0.3) is 5.91 Å². The van der Waals surface area contributed by atoms with Crippen LogP contribution in [0.1, 0.15) is 59.7 Å². The number of hydrogen-bond acceptors (Lipinski definition) is 5. The van der Waals surface area contributed by atoms with E-state index in [1.165, 1.54) is 13.2 Å². The maximum atomic E-state index is 15.7. The number of nitrogens with zero attached hydrogens (tertiary/aromatic N) is 1. The molecule has 0 radical (unpaired) electrons. The van der Waals surface area contributed by atoms with Crippen LogP contribution in [0.3, 0.4) is 0 Å². The predicted octanol–water partition coefficient (Wildman–Crippen LogP) is 5.65. The highest BCUT2D eigenvalue weighted by molar-refractivity contribution is 5.94. The van der Waals surface area contributed by atoms with Crippen molar-refractivity contribution in [3.05, 3.63) is 94.8 Å². The van der Waals surface area contributed by atoms with Crippen molar-refractivity contribution in [2.45, 2.75) is 51.2 Å². The van der Waals surface area contributed by atoms with E-state index in [2.05, 4.69) is 10.6 Å². The molecule has 0 aromatic heterocycles. The van der Waals surface area contributed by atoms with E-state index in [9.17, 15) is 14.7 Å². The molecule has 0 saturated carbocycles. The summed E-state index contributed by atoms with van der Waals surface area (Å²) in [6, 6.07) is 20.2. The summed E-state index contributed by atoms with van der Waals surface area (Å²) in [5, 5.41) is 18.4. The van der Waals surface area contributed by atoms with Crippen LogP contribution in [0.15, 0.2) is 66.7 Å². The second-order valence-corrected chi connectivity index (χ2v) is 11.0. The van der Waals surface area contributed by atoms with E-state index in [0.717, 1.165) is 24.1 Å². The normalized spacial score (nSPS) is 16.5. The number of nitrogens with one attached hydrogen (secondary N) is 2. The highest BCUT2D eigenvalue weighted by Gasteiger charge is 2.43. The molecule has 1 saturated heterocycles. The fraction of sp³-hybridized carbons (Fsp3) is 0.412. The fourth-order valence-electron chi connectivity index (χ4n) is 6.01. The summed E-state index contributed by atoms with van der Waals surface area (Å²) in [4.78, 5) is 27.0. The topological polar surface area (TPSA) is 90.9 Å². The number of aryl methyl sites for hydroxylation is 1. The van der Waals surface area contributed by atoms with Crippen LogP contribution in [0.2, 0.25) is 0 Å². The molecular weight excluding hydrogens is 533 g/mol. The Morgan fingerprint density at radius 1 is 1.10 bits per heavy atom. The number of halogens is 1. The molecule has 3 aromatic carbocycles. The third kappa shape index (κ3) is 7.17. The first-order valence-electron chi connectivity index (χ1n) is 14.8. The number of carbonyl (C=O) groups excluding carboxylic acids is 2. The Kier molecular flexibility index (Phi) is 10.7. The van der Waals surface area contributed by atoms with Gasteiger partial charge in [0.2, 0.25) is 0 Å². The lowest BCUT2D eigenvalue weighted by atomic mass is 9.72. The summed E-state index contributed by atoms with van der Waals surface area (Å²) in [6.07, 6.45) is 2.36. The minimum atomic E-state index is -1.45. The summed E-state index contributed by atoms with van der Waals surface area (Å²) in [7, 11) is 3.18. The zero-order chi connectivity index (χ0) is 30.1. The second-order valence-electron chi connectivity index (χ2n) is 11.0. The van der Waals surface area contributed by atoms with Crippen molar-refractivity contribution in [3.63, 3.8) is 0 Å². The number of rotatable bonds is 11. The van der Waals surface area contributed by atoms with Gasteiger partial charge in [-0.2, -0.15) is 0 Å². The number of aliphatic hydroxyl groups is 1. The Hall–Kier alpha value is -3.75. The van der Waals surface area contributed by atoms with Crippen LogP contribution in [0, 0.1) is 11.7 Å². The average Bonchev–Trinajstić information content (AvgIpc) is 3.03. The number of alkyl carbamates (subject to hydrolysis) is 1. The van der Waals surface area contributed by atoms with Gasteiger partial charge < -0.3 is 25.4 Å².